The zero-order valence-electron chi connectivity index (χ0n) is 14.2. The number of nitrogens with one attached hydrogen (secondary N) is 2. The van der Waals surface area contributed by atoms with Crippen LogP contribution in [0.2, 0.25) is 0 Å². The first kappa shape index (κ1) is 20.2. The number of aliphatic carboxylic acids is 1. The van der Waals surface area contributed by atoms with Crippen molar-refractivity contribution < 1.29 is 33.0 Å². The van der Waals surface area contributed by atoms with Crippen molar-refractivity contribution in [2.75, 3.05) is 11.9 Å². The maximum absolute atomic E-state index is 12.6. The number of carboxylic acid groups (broad SMARTS) is 1. The van der Waals surface area contributed by atoms with Gasteiger partial charge in [0.2, 0.25) is 0 Å². The van der Waals surface area contributed by atoms with Crippen molar-refractivity contribution in [3.05, 3.63) is 35.7 Å². The van der Waals surface area contributed by atoms with Gasteiger partial charge in [-0.3, -0.25) is 5.32 Å². The number of nitrogens with zero attached hydrogens (tertiary/aromatic N) is 3. The maximum Gasteiger partial charge on any atom is 0.417 e. The summed E-state index contributed by atoms with van der Waals surface area (Å²) in [5.74, 6) is -1.39. The lowest BCUT2D eigenvalue weighted by molar-refractivity contribution is -0.155. The monoisotopic (exact) mass is 387 g/mol. The van der Waals surface area contributed by atoms with Crippen molar-refractivity contribution >= 4 is 17.8 Å². The van der Waals surface area contributed by atoms with E-state index in [2.05, 4.69) is 20.7 Å². The summed E-state index contributed by atoms with van der Waals surface area (Å²) in [5, 5.41) is 27.0. The van der Waals surface area contributed by atoms with Gasteiger partial charge in [0.05, 0.1) is 17.8 Å². The molecule has 0 aromatic carbocycles. The first-order chi connectivity index (χ1) is 12.4. The number of carboxylic acids is 1. The molecule has 0 saturated carbocycles. The molecule has 0 aliphatic heterocycles. The predicted octanol–water partition coefficient (Wildman–Crippen LogP) is 1.55. The number of amides is 2. The van der Waals surface area contributed by atoms with Gasteiger partial charge in [-0.15, -0.1) is 0 Å². The van der Waals surface area contributed by atoms with Crippen molar-refractivity contribution in [1.82, 2.24) is 20.1 Å². The summed E-state index contributed by atoms with van der Waals surface area (Å²) in [6.07, 6.45) is -3.89. The number of rotatable bonds is 5. The number of pyridine rings is 1. The molecule has 0 spiro atoms. The van der Waals surface area contributed by atoms with E-state index >= 15 is 0 Å². The third-order valence-corrected chi connectivity index (χ3v) is 3.42. The molecule has 0 saturated heterocycles. The normalized spacial score (nSPS) is 13.7. The second-order valence-electron chi connectivity index (χ2n) is 5.87. The smallest absolute Gasteiger partial charge is 0.417 e. The van der Waals surface area contributed by atoms with Crippen LogP contribution in [0.25, 0.3) is 5.82 Å². The van der Waals surface area contributed by atoms with Gasteiger partial charge in [-0.25, -0.2) is 14.6 Å². The fourth-order valence-corrected chi connectivity index (χ4v) is 1.93. The van der Waals surface area contributed by atoms with Gasteiger partial charge < -0.3 is 15.5 Å². The summed E-state index contributed by atoms with van der Waals surface area (Å²) in [5.41, 5.74) is -2.65. The average Bonchev–Trinajstić information content (AvgIpc) is 2.92. The summed E-state index contributed by atoms with van der Waals surface area (Å²) in [7, 11) is 0. The third kappa shape index (κ3) is 4.94. The first-order valence-corrected chi connectivity index (χ1v) is 7.51. The van der Waals surface area contributed by atoms with E-state index in [-0.39, 0.29) is 11.6 Å². The van der Waals surface area contributed by atoms with Gasteiger partial charge in [0, 0.05) is 12.3 Å². The van der Waals surface area contributed by atoms with Gasteiger partial charge in [0.15, 0.2) is 11.4 Å². The maximum atomic E-state index is 12.6. The molecule has 12 heteroatoms. The number of aromatic nitrogens is 3. The number of hydrogen-bond acceptors (Lipinski definition) is 5. The first-order valence-electron chi connectivity index (χ1n) is 7.51. The Kier molecular flexibility index (Phi) is 5.40. The molecule has 9 nitrogen and oxygen atoms in total. The highest BCUT2D eigenvalue weighted by Crippen LogP contribution is 2.29. The number of aliphatic hydroxyl groups is 1. The molecule has 2 heterocycles. The van der Waals surface area contributed by atoms with Crippen molar-refractivity contribution in [3.8, 4) is 5.82 Å². The summed E-state index contributed by atoms with van der Waals surface area (Å²) in [4.78, 5) is 26.4. The summed E-state index contributed by atoms with van der Waals surface area (Å²) >= 11 is 0. The van der Waals surface area contributed by atoms with Crippen molar-refractivity contribution in [1.29, 1.82) is 0 Å². The fourth-order valence-electron chi connectivity index (χ4n) is 1.93. The third-order valence-electron chi connectivity index (χ3n) is 3.42. The van der Waals surface area contributed by atoms with Crippen LogP contribution in [0.15, 0.2) is 24.4 Å². The molecule has 2 rings (SSSR count). The summed E-state index contributed by atoms with van der Waals surface area (Å²) < 4.78 is 39.0. The molecule has 1 atom stereocenters. The van der Waals surface area contributed by atoms with Gasteiger partial charge in [-0.2, -0.15) is 23.0 Å². The van der Waals surface area contributed by atoms with Gasteiger partial charge in [-0.05, 0) is 26.0 Å². The number of hydrogen-bond donors (Lipinski definition) is 4. The average molecular weight is 387 g/mol. The Morgan fingerprint density at radius 2 is 1.96 bits per heavy atom. The minimum atomic E-state index is -4.53. The Balaban J connectivity index is 2.16. The lowest BCUT2D eigenvalue weighted by atomic mass is 10.1. The SMILES string of the molecule is Cc1cc(NC(=O)NCC(C)(O)C(=O)O)n(-c2ccc(C(F)(F)F)cn2)n1. The van der Waals surface area contributed by atoms with Crippen LogP contribution in [-0.4, -0.2) is 49.1 Å². The topological polar surface area (TPSA) is 129 Å². The zero-order valence-corrected chi connectivity index (χ0v) is 14.2. The Bertz CT molecular complexity index is 846. The summed E-state index contributed by atoms with van der Waals surface area (Å²) in [6.45, 7) is 2.04. The van der Waals surface area contributed by atoms with Crippen LogP contribution in [0, 0.1) is 6.92 Å². The Labute approximate surface area is 150 Å². The Hall–Kier alpha value is -3.15. The molecular formula is C15H16F3N5O4. The quantitative estimate of drug-likeness (QED) is 0.616. The second-order valence-corrected chi connectivity index (χ2v) is 5.87. The number of alkyl halides is 3. The van der Waals surface area contributed by atoms with E-state index in [0.717, 1.165) is 23.7 Å². The molecule has 2 aromatic rings. The van der Waals surface area contributed by atoms with Crippen LogP contribution in [0.1, 0.15) is 18.2 Å². The minimum absolute atomic E-state index is 0.0314. The lowest BCUT2D eigenvalue weighted by Gasteiger charge is -2.18. The van der Waals surface area contributed by atoms with Gasteiger partial charge in [0.25, 0.3) is 0 Å². The number of anilines is 1. The van der Waals surface area contributed by atoms with Gasteiger partial charge >= 0.3 is 18.2 Å². The molecule has 2 aromatic heterocycles. The van der Waals surface area contributed by atoms with E-state index in [1.54, 1.807) is 6.92 Å². The van der Waals surface area contributed by atoms with E-state index in [0.29, 0.717) is 11.9 Å². The van der Waals surface area contributed by atoms with Crippen molar-refractivity contribution in [2.45, 2.75) is 25.6 Å². The van der Waals surface area contributed by atoms with Crippen LogP contribution in [0.4, 0.5) is 23.8 Å². The van der Waals surface area contributed by atoms with E-state index in [1.165, 1.54) is 6.07 Å². The number of halogens is 3. The van der Waals surface area contributed by atoms with E-state index in [1.807, 2.05) is 0 Å². The minimum Gasteiger partial charge on any atom is -0.479 e. The van der Waals surface area contributed by atoms with Gasteiger partial charge in [0.1, 0.15) is 5.82 Å². The highest BCUT2D eigenvalue weighted by Gasteiger charge is 2.31. The van der Waals surface area contributed by atoms with Gasteiger partial charge in [-0.1, -0.05) is 0 Å². The number of aryl methyl sites for hydroxylation is 1. The predicted molar refractivity (Wildman–Crippen MR) is 86.4 cm³/mol. The fraction of sp³-hybridized carbons (Fsp3) is 0.333. The van der Waals surface area contributed by atoms with E-state index in [9.17, 15) is 27.9 Å². The standard InChI is InChI=1S/C15H16F3N5O4/c1-8-5-11(21-13(26)20-7-14(2,27)12(24)25)23(22-8)10-4-3-9(6-19-10)15(16,17)18/h3-6,27H,7H2,1-2H3,(H,24,25)(H2,20,21,26). The molecule has 1 unspecified atom stereocenters. The lowest BCUT2D eigenvalue weighted by Crippen LogP contribution is -2.47. The molecule has 2 amide bonds. The zero-order chi connectivity index (χ0) is 20.4. The summed E-state index contributed by atoms with van der Waals surface area (Å²) in [6, 6.07) is 2.51. The van der Waals surface area contributed by atoms with Crippen LogP contribution < -0.4 is 10.6 Å². The molecular weight excluding hydrogens is 371 g/mol. The molecule has 27 heavy (non-hydrogen) atoms. The number of carbonyl (C=O) groups is 2. The number of urea groups is 1. The Morgan fingerprint density at radius 1 is 1.30 bits per heavy atom. The molecule has 0 bridgehead atoms. The molecule has 0 fully saturated rings. The molecule has 0 radical (unpaired) electrons. The van der Waals surface area contributed by atoms with Crippen LogP contribution in [-0.2, 0) is 11.0 Å². The Morgan fingerprint density at radius 3 is 2.48 bits per heavy atom. The highest BCUT2D eigenvalue weighted by molar-refractivity contribution is 5.89. The van der Waals surface area contributed by atoms with Crippen LogP contribution >= 0.6 is 0 Å². The molecule has 0 aliphatic carbocycles. The van der Waals surface area contributed by atoms with Crippen LogP contribution in [0.5, 0.6) is 0 Å². The highest BCUT2D eigenvalue weighted by atomic mass is 19.4. The second kappa shape index (κ2) is 7.23. The van der Waals surface area contributed by atoms with Crippen LogP contribution in [0.3, 0.4) is 0 Å². The molecule has 0 aliphatic rings. The molecule has 146 valence electrons. The van der Waals surface area contributed by atoms with Crippen molar-refractivity contribution in [3.63, 3.8) is 0 Å². The molecule has 4 N–H and O–H groups in total. The van der Waals surface area contributed by atoms with E-state index in [4.69, 9.17) is 5.11 Å². The van der Waals surface area contributed by atoms with E-state index < -0.39 is 35.9 Å². The number of carbonyl (C=O) groups excluding carboxylic acids is 1. The van der Waals surface area contributed by atoms with Crippen molar-refractivity contribution in [2.24, 2.45) is 0 Å². The largest absolute Gasteiger partial charge is 0.479 e.